The summed E-state index contributed by atoms with van der Waals surface area (Å²) < 4.78 is 47.2. The average molecular weight is 713 g/mol. The van der Waals surface area contributed by atoms with Crippen molar-refractivity contribution in [3.63, 3.8) is 0 Å². The lowest BCUT2D eigenvalue weighted by Gasteiger charge is -2.41. The number of nitrogens with one attached hydrogen (secondary N) is 1. The number of amides is 1. The van der Waals surface area contributed by atoms with Crippen molar-refractivity contribution in [2.45, 2.75) is 35.9 Å². The maximum absolute atomic E-state index is 15.6. The Morgan fingerprint density at radius 2 is 1.73 bits per heavy atom. The number of ether oxygens (including phenoxy) is 2. The number of sulfonamides is 1. The summed E-state index contributed by atoms with van der Waals surface area (Å²) in [4.78, 5) is 24.3. The number of hydrogen-bond donors (Lipinski definition) is 1. The number of rotatable bonds is 9. The Hall–Kier alpha value is -3.65. The van der Waals surface area contributed by atoms with Crippen LogP contribution in [0.15, 0.2) is 76.4 Å². The lowest BCUT2D eigenvalue weighted by molar-refractivity contribution is -0.127. The molecule has 1 N–H and O–H groups in total. The highest BCUT2D eigenvalue weighted by atomic mass is 35.5. The number of likely N-dealkylation sites (tertiary alicyclic amines) is 1. The van der Waals surface area contributed by atoms with Crippen molar-refractivity contribution in [3.8, 4) is 11.5 Å². The van der Waals surface area contributed by atoms with E-state index < -0.39 is 27.5 Å². The van der Waals surface area contributed by atoms with Gasteiger partial charge in [-0.1, -0.05) is 29.3 Å². The van der Waals surface area contributed by atoms with Gasteiger partial charge in [0.25, 0.3) is 15.9 Å². The minimum absolute atomic E-state index is 0.0884. The third kappa shape index (κ3) is 5.35. The maximum atomic E-state index is 15.6. The first-order valence-electron chi connectivity index (χ1n) is 15.7. The third-order valence-electron chi connectivity index (χ3n) is 9.43. The number of methoxy groups -OCH3 is 2. The van der Waals surface area contributed by atoms with Crippen molar-refractivity contribution < 1.29 is 27.1 Å². The second-order valence-corrected chi connectivity index (χ2v) is 14.6. The standard InChI is InChI=1S/C34H35Cl2N5O6S/c1-45-23-6-8-24(9-7-23)48(43,44)41-30-20-28(36)27(35)19-25(30)34(33(41)42,40-14-3-4-29(40)32-38-13-17-47-32)26-18-22(5-10-31(26)46-2)21-39-15-11-37-12-16-39/h5-10,13,17-20,29,37H,3-4,11-12,14-16,21H2,1-2H3. The Kier molecular flexibility index (Phi) is 8.90. The van der Waals surface area contributed by atoms with Gasteiger partial charge in [-0.2, -0.15) is 0 Å². The molecule has 48 heavy (non-hydrogen) atoms. The molecule has 2 atom stereocenters. The van der Waals surface area contributed by atoms with Crippen molar-refractivity contribution in [1.82, 2.24) is 20.1 Å². The van der Waals surface area contributed by atoms with Crippen LogP contribution in [-0.2, 0) is 26.9 Å². The smallest absolute Gasteiger partial charge is 0.271 e. The molecule has 0 aliphatic carbocycles. The summed E-state index contributed by atoms with van der Waals surface area (Å²) in [6.45, 7) is 4.56. The quantitative estimate of drug-likeness (QED) is 0.248. The van der Waals surface area contributed by atoms with E-state index in [-0.39, 0.29) is 20.6 Å². The number of aromatic nitrogens is 1. The molecule has 0 spiro atoms. The Morgan fingerprint density at radius 1 is 0.979 bits per heavy atom. The zero-order valence-corrected chi connectivity index (χ0v) is 28.8. The SMILES string of the molecule is COc1ccc(S(=O)(=O)N2C(=O)C(c3cc(CN4CCNCC4)ccc3OC)(N3CCCC3c3ncco3)c3cc(Cl)c(Cl)cc32)cc1. The first kappa shape index (κ1) is 32.9. The molecule has 252 valence electrons. The monoisotopic (exact) mass is 711 g/mol. The van der Waals surface area contributed by atoms with Crippen molar-refractivity contribution in [2.75, 3.05) is 51.2 Å². The highest BCUT2D eigenvalue weighted by Gasteiger charge is 2.63. The van der Waals surface area contributed by atoms with Crippen molar-refractivity contribution >= 4 is 44.8 Å². The summed E-state index contributed by atoms with van der Waals surface area (Å²) in [5, 5.41) is 3.67. The summed E-state index contributed by atoms with van der Waals surface area (Å²) in [5.74, 6) is 0.616. The fourth-order valence-electron chi connectivity index (χ4n) is 7.24. The van der Waals surface area contributed by atoms with Crippen LogP contribution in [-0.4, -0.2) is 76.1 Å². The zero-order valence-electron chi connectivity index (χ0n) is 26.5. The van der Waals surface area contributed by atoms with Crippen LogP contribution in [0.5, 0.6) is 11.5 Å². The van der Waals surface area contributed by atoms with Crippen molar-refractivity contribution in [3.05, 3.63) is 99.7 Å². The molecular formula is C34H35Cl2N5O6S. The molecule has 1 amide bonds. The number of carbonyl (C=O) groups is 1. The minimum Gasteiger partial charge on any atom is -0.497 e. The number of carbonyl (C=O) groups excluding carboxylic acids is 1. The molecule has 3 aromatic carbocycles. The molecule has 1 aromatic heterocycles. The predicted octanol–water partition coefficient (Wildman–Crippen LogP) is 5.22. The van der Waals surface area contributed by atoms with E-state index in [4.69, 9.17) is 37.1 Å². The lowest BCUT2D eigenvalue weighted by atomic mass is 9.80. The summed E-state index contributed by atoms with van der Waals surface area (Å²) in [7, 11) is -1.45. The van der Waals surface area contributed by atoms with Gasteiger partial charge >= 0.3 is 0 Å². The van der Waals surface area contributed by atoms with E-state index in [9.17, 15) is 8.42 Å². The van der Waals surface area contributed by atoms with Crippen LogP contribution in [0.1, 0.15) is 41.5 Å². The number of benzene rings is 3. The highest BCUT2D eigenvalue weighted by Crippen LogP contribution is 2.57. The van der Waals surface area contributed by atoms with Gasteiger partial charge < -0.3 is 19.2 Å². The Morgan fingerprint density at radius 3 is 2.42 bits per heavy atom. The van der Waals surface area contributed by atoms with E-state index >= 15 is 4.79 Å². The number of hydrogen-bond acceptors (Lipinski definition) is 10. The normalized spacial score (nSPS) is 21.9. The highest BCUT2D eigenvalue weighted by molar-refractivity contribution is 7.93. The van der Waals surface area contributed by atoms with Crippen LogP contribution >= 0.6 is 23.2 Å². The molecule has 0 radical (unpaired) electrons. The number of nitrogens with zero attached hydrogens (tertiary/aromatic N) is 4. The van der Waals surface area contributed by atoms with Gasteiger partial charge in [-0.05, 0) is 66.9 Å². The van der Waals surface area contributed by atoms with E-state index in [1.807, 2.05) is 23.1 Å². The zero-order chi connectivity index (χ0) is 33.6. The van der Waals surface area contributed by atoms with Crippen LogP contribution in [0.2, 0.25) is 10.0 Å². The van der Waals surface area contributed by atoms with Crippen LogP contribution < -0.4 is 19.1 Å². The van der Waals surface area contributed by atoms with E-state index in [0.717, 1.165) is 36.0 Å². The molecule has 3 aliphatic heterocycles. The number of fused-ring (bicyclic) bond motifs is 1. The van der Waals surface area contributed by atoms with Gasteiger partial charge in [-0.15, -0.1) is 0 Å². The molecule has 2 unspecified atom stereocenters. The molecule has 0 bridgehead atoms. The van der Waals surface area contributed by atoms with Crippen LogP contribution in [0.25, 0.3) is 0 Å². The van der Waals surface area contributed by atoms with Gasteiger partial charge in [0.2, 0.25) is 5.89 Å². The van der Waals surface area contributed by atoms with Gasteiger partial charge in [0.05, 0.1) is 47.1 Å². The average Bonchev–Trinajstić information content (AvgIpc) is 3.85. The summed E-state index contributed by atoms with van der Waals surface area (Å²) in [6, 6.07) is 14.3. The van der Waals surface area contributed by atoms with Crippen LogP contribution in [0.3, 0.4) is 0 Å². The first-order chi connectivity index (χ1) is 23.2. The van der Waals surface area contributed by atoms with Crippen LogP contribution in [0.4, 0.5) is 5.69 Å². The number of halogens is 2. The largest absolute Gasteiger partial charge is 0.497 e. The molecule has 2 saturated heterocycles. The summed E-state index contributed by atoms with van der Waals surface area (Å²) >= 11 is 13.3. The molecule has 11 nitrogen and oxygen atoms in total. The second kappa shape index (κ2) is 13.0. The molecular weight excluding hydrogens is 677 g/mol. The Bertz CT molecular complexity index is 1940. The van der Waals surface area contributed by atoms with Gasteiger partial charge in [-0.3, -0.25) is 14.6 Å². The molecule has 2 fully saturated rings. The maximum Gasteiger partial charge on any atom is 0.271 e. The predicted molar refractivity (Wildman–Crippen MR) is 181 cm³/mol. The topological polar surface area (TPSA) is 117 Å². The Balaban J connectivity index is 1.50. The van der Waals surface area contributed by atoms with Crippen molar-refractivity contribution in [1.29, 1.82) is 0 Å². The van der Waals surface area contributed by atoms with E-state index in [1.165, 1.54) is 43.7 Å². The molecule has 14 heteroatoms. The second-order valence-electron chi connectivity index (χ2n) is 12.0. The fraction of sp³-hybridized carbons (Fsp3) is 0.353. The lowest BCUT2D eigenvalue weighted by Crippen LogP contribution is -2.54. The van der Waals surface area contributed by atoms with E-state index in [2.05, 4.69) is 15.2 Å². The van der Waals surface area contributed by atoms with Crippen molar-refractivity contribution in [2.24, 2.45) is 0 Å². The molecule has 0 saturated carbocycles. The molecule has 3 aliphatic rings. The molecule has 4 heterocycles. The third-order valence-corrected chi connectivity index (χ3v) is 11.9. The number of anilines is 1. The summed E-state index contributed by atoms with van der Waals surface area (Å²) in [5.41, 5.74) is 0.203. The fourth-order valence-corrected chi connectivity index (χ4v) is 9.01. The summed E-state index contributed by atoms with van der Waals surface area (Å²) in [6.07, 6.45) is 4.39. The first-order valence-corrected chi connectivity index (χ1v) is 17.9. The number of oxazole rings is 1. The molecule has 7 rings (SSSR count). The number of piperazine rings is 1. The van der Waals surface area contributed by atoms with Crippen LogP contribution in [0, 0.1) is 0 Å². The van der Waals surface area contributed by atoms with Gasteiger partial charge in [0, 0.05) is 50.4 Å². The van der Waals surface area contributed by atoms with E-state index in [1.54, 1.807) is 19.4 Å². The van der Waals surface area contributed by atoms with E-state index in [0.29, 0.717) is 54.4 Å². The minimum atomic E-state index is -4.48. The molecule has 4 aromatic rings. The Labute approximate surface area is 289 Å². The van der Waals surface area contributed by atoms with Gasteiger partial charge in [-0.25, -0.2) is 17.7 Å². The van der Waals surface area contributed by atoms with Gasteiger partial charge in [0.15, 0.2) is 5.54 Å². The van der Waals surface area contributed by atoms with Gasteiger partial charge in [0.1, 0.15) is 17.8 Å².